The topological polar surface area (TPSA) is 94.5 Å². The van der Waals surface area contributed by atoms with Gasteiger partial charge in [0.1, 0.15) is 29.9 Å². The van der Waals surface area contributed by atoms with Crippen LogP contribution in [-0.4, -0.2) is 47.3 Å². The van der Waals surface area contributed by atoms with Gasteiger partial charge in [-0.15, -0.1) is 11.3 Å². The first-order valence-electron chi connectivity index (χ1n) is 14.4. The maximum absolute atomic E-state index is 13.6. The van der Waals surface area contributed by atoms with E-state index >= 15 is 0 Å². The van der Waals surface area contributed by atoms with Gasteiger partial charge in [-0.05, 0) is 67.8 Å². The lowest BCUT2D eigenvalue weighted by Gasteiger charge is -2.20. The van der Waals surface area contributed by atoms with E-state index in [1.165, 1.54) is 23.1 Å². The number of aliphatic imine (C=N–C) groups is 1. The Balaban J connectivity index is 1.22. The van der Waals surface area contributed by atoms with E-state index in [1.54, 1.807) is 35.2 Å². The third-order valence-electron chi connectivity index (χ3n) is 7.28. The SMILES string of the molecule is Cc1ccc(C(=O)OC[C@H]2O[C@@H](SC3=NC(=Cc4cccs4)C(=O)N3c3ccccc3)C[C@@H]2OC(=O)c2ccc(C)cc2)cc1. The minimum Gasteiger partial charge on any atom is -0.459 e. The maximum atomic E-state index is 13.6. The molecule has 0 unspecified atom stereocenters. The van der Waals surface area contributed by atoms with Crippen LogP contribution in [0.2, 0.25) is 0 Å². The van der Waals surface area contributed by atoms with E-state index in [4.69, 9.17) is 19.2 Å². The monoisotopic (exact) mass is 638 g/mol. The summed E-state index contributed by atoms with van der Waals surface area (Å²) in [4.78, 5) is 46.6. The molecule has 0 aliphatic carbocycles. The molecule has 1 saturated heterocycles. The number of ether oxygens (including phenoxy) is 3. The lowest BCUT2D eigenvalue weighted by atomic mass is 10.1. The Bertz CT molecular complexity index is 1740. The van der Waals surface area contributed by atoms with Gasteiger partial charge in [0.25, 0.3) is 5.91 Å². The minimum atomic E-state index is -0.727. The standard InChI is InChI=1S/C35H30N2O6S2/c1-22-10-14-24(15-11-22)33(39)41-21-30-29(43-34(40)25-16-12-23(2)13-17-25)20-31(42-30)45-35-36-28(19-27-9-6-18-44-27)32(38)37(35)26-7-4-3-5-8-26/h3-19,29-31H,20-21H2,1-2H3/t29-,30+,31-/m0/s1. The van der Waals surface area contributed by atoms with Gasteiger partial charge in [0.05, 0.1) is 16.8 Å². The lowest BCUT2D eigenvalue weighted by molar-refractivity contribution is -0.113. The largest absolute Gasteiger partial charge is 0.459 e. The highest BCUT2D eigenvalue weighted by atomic mass is 32.2. The molecule has 4 aromatic rings. The summed E-state index contributed by atoms with van der Waals surface area (Å²) >= 11 is 2.78. The summed E-state index contributed by atoms with van der Waals surface area (Å²) in [6, 6.07) is 27.3. The van der Waals surface area contributed by atoms with Crippen LogP contribution in [0.3, 0.4) is 0 Å². The molecule has 0 spiro atoms. The van der Waals surface area contributed by atoms with Gasteiger partial charge >= 0.3 is 11.9 Å². The molecule has 1 aromatic heterocycles. The fraction of sp³-hybridized carbons (Fsp3) is 0.200. The molecule has 228 valence electrons. The predicted molar refractivity (Wildman–Crippen MR) is 176 cm³/mol. The Hall–Kier alpha value is -4.51. The summed E-state index contributed by atoms with van der Waals surface area (Å²) < 4.78 is 17.9. The number of hydrogen-bond donors (Lipinski definition) is 0. The van der Waals surface area contributed by atoms with Gasteiger partial charge in [0.2, 0.25) is 0 Å². The molecule has 2 aliphatic rings. The van der Waals surface area contributed by atoms with Gasteiger partial charge in [-0.25, -0.2) is 14.6 Å². The lowest BCUT2D eigenvalue weighted by Crippen LogP contribution is -2.32. The second-order valence-corrected chi connectivity index (χ2v) is 12.8. The van der Waals surface area contributed by atoms with Crippen LogP contribution in [-0.2, 0) is 19.0 Å². The zero-order chi connectivity index (χ0) is 31.3. The van der Waals surface area contributed by atoms with E-state index in [0.29, 0.717) is 34.1 Å². The molecule has 1 fully saturated rings. The number of benzene rings is 3. The van der Waals surface area contributed by atoms with Gasteiger partial charge in [-0.2, -0.15) is 0 Å². The number of aryl methyl sites for hydroxylation is 2. The van der Waals surface area contributed by atoms with Crippen LogP contribution in [0.25, 0.3) is 6.08 Å². The van der Waals surface area contributed by atoms with Crippen LogP contribution < -0.4 is 4.90 Å². The summed E-state index contributed by atoms with van der Waals surface area (Å²) in [5.74, 6) is -1.24. The van der Waals surface area contributed by atoms with Crippen molar-refractivity contribution in [3.63, 3.8) is 0 Å². The number of carbonyl (C=O) groups is 3. The quantitative estimate of drug-likeness (QED) is 0.151. The molecule has 3 aromatic carbocycles. The van der Waals surface area contributed by atoms with Crippen molar-refractivity contribution in [1.82, 2.24) is 0 Å². The number of hydrogen-bond acceptors (Lipinski definition) is 9. The van der Waals surface area contributed by atoms with E-state index in [1.807, 2.05) is 86.0 Å². The van der Waals surface area contributed by atoms with Crippen LogP contribution in [0, 0.1) is 13.8 Å². The molecule has 0 bridgehead atoms. The third kappa shape index (κ3) is 7.25. The zero-order valence-electron chi connectivity index (χ0n) is 24.6. The summed E-state index contributed by atoms with van der Waals surface area (Å²) in [6.45, 7) is 3.76. The normalized spacial score (nSPS) is 20.4. The van der Waals surface area contributed by atoms with Gasteiger partial charge in [-0.1, -0.05) is 71.4 Å². The highest BCUT2D eigenvalue weighted by molar-refractivity contribution is 8.14. The summed E-state index contributed by atoms with van der Waals surface area (Å²) in [5, 5.41) is 2.39. The van der Waals surface area contributed by atoms with E-state index in [0.717, 1.165) is 16.0 Å². The molecular weight excluding hydrogens is 609 g/mol. The fourth-order valence-electron chi connectivity index (χ4n) is 4.86. The van der Waals surface area contributed by atoms with Crippen molar-refractivity contribution in [2.45, 2.75) is 37.9 Å². The maximum Gasteiger partial charge on any atom is 0.338 e. The third-order valence-corrected chi connectivity index (χ3v) is 9.15. The van der Waals surface area contributed by atoms with Crippen LogP contribution >= 0.6 is 23.1 Å². The van der Waals surface area contributed by atoms with Crippen LogP contribution in [0.5, 0.6) is 0 Å². The number of nitrogens with zero attached hydrogens (tertiary/aromatic N) is 2. The number of anilines is 1. The molecular formula is C35H30N2O6S2. The van der Waals surface area contributed by atoms with Crippen LogP contribution in [0.15, 0.2) is 107 Å². The summed E-state index contributed by atoms with van der Waals surface area (Å²) in [7, 11) is 0. The average Bonchev–Trinajstić information content (AvgIpc) is 3.77. The molecule has 10 heteroatoms. The van der Waals surface area contributed by atoms with Crippen molar-refractivity contribution >= 4 is 57.9 Å². The molecule has 45 heavy (non-hydrogen) atoms. The predicted octanol–water partition coefficient (Wildman–Crippen LogP) is 7.04. The smallest absolute Gasteiger partial charge is 0.338 e. The Labute approximate surface area is 269 Å². The van der Waals surface area contributed by atoms with Gasteiger partial charge in [0, 0.05) is 11.3 Å². The van der Waals surface area contributed by atoms with Gasteiger partial charge < -0.3 is 14.2 Å². The highest BCUT2D eigenvalue weighted by Gasteiger charge is 2.42. The second kappa shape index (κ2) is 13.6. The minimum absolute atomic E-state index is 0.118. The van der Waals surface area contributed by atoms with E-state index in [2.05, 4.69) is 0 Å². The molecule has 3 heterocycles. The molecule has 2 aliphatic heterocycles. The molecule has 0 saturated carbocycles. The highest BCUT2D eigenvalue weighted by Crippen LogP contribution is 2.37. The number of esters is 2. The van der Waals surface area contributed by atoms with Crippen molar-refractivity contribution in [2.75, 3.05) is 11.5 Å². The van der Waals surface area contributed by atoms with Crippen molar-refractivity contribution in [3.8, 4) is 0 Å². The van der Waals surface area contributed by atoms with Crippen LogP contribution in [0.1, 0.15) is 43.1 Å². The first-order chi connectivity index (χ1) is 21.8. The number of thiophene rings is 1. The Kier molecular flexibility index (Phi) is 9.25. The average molecular weight is 639 g/mol. The molecule has 3 atom stereocenters. The second-order valence-electron chi connectivity index (χ2n) is 10.6. The first kappa shape index (κ1) is 30.5. The van der Waals surface area contributed by atoms with Crippen molar-refractivity contribution < 1.29 is 28.6 Å². The number of rotatable bonds is 8. The number of carbonyl (C=O) groups excluding carboxylic acids is 3. The van der Waals surface area contributed by atoms with E-state index < -0.39 is 29.6 Å². The van der Waals surface area contributed by atoms with Crippen molar-refractivity contribution in [2.24, 2.45) is 4.99 Å². The Morgan fingerprint density at radius 3 is 2.24 bits per heavy atom. The molecule has 8 nitrogen and oxygen atoms in total. The number of thioether (sulfide) groups is 1. The molecule has 6 rings (SSSR count). The van der Waals surface area contributed by atoms with E-state index in [-0.39, 0.29) is 12.5 Å². The Morgan fingerprint density at radius 1 is 0.933 bits per heavy atom. The zero-order valence-corrected chi connectivity index (χ0v) is 26.3. The molecule has 1 amide bonds. The van der Waals surface area contributed by atoms with Crippen molar-refractivity contribution in [3.05, 3.63) is 129 Å². The van der Waals surface area contributed by atoms with Gasteiger partial charge in [0.15, 0.2) is 5.17 Å². The number of amides is 1. The van der Waals surface area contributed by atoms with E-state index in [9.17, 15) is 14.4 Å². The Morgan fingerprint density at radius 2 is 1.60 bits per heavy atom. The number of para-hydroxylation sites is 1. The molecule has 0 radical (unpaired) electrons. The van der Waals surface area contributed by atoms with Crippen molar-refractivity contribution in [1.29, 1.82) is 0 Å². The first-order valence-corrected chi connectivity index (χ1v) is 16.2. The van der Waals surface area contributed by atoms with Crippen LogP contribution in [0.4, 0.5) is 5.69 Å². The number of amidine groups is 1. The molecule has 0 N–H and O–H groups in total. The van der Waals surface area contributed by atoms with Gasteiger partial charge in [-0.3, -0.25) is 9.69 Å². The summed E-state index contributed by atoms with van der Waals surface area (Å²) in [6.07, 6.45) is 0.641. The summed E-state index contributed by atoms with van der Waals surface area (Å²) in [5.41, 5.74) is 3.33. The fourth-order valence-corrected chi connectivity index (χ4v) is 6.67.